The fourth-order valence-electron chi connectivity index (χ4n) is 3.69. The topological polar surface area (TPSA) is 240 Å². The smallest absolute Gasteiger partial charge is 0.394 e. The van der Waals surface area contributed by atoms with Gasteiger partial charge in [0, 0.05) is 18.0 Å². The average molecular weight is 556 g/mol. The molecule has 16 nitrogen and oxygen atoms in total. The zero-order valence-corrected chi connectivity index (χ0v) is 20.3. The first kappa shape index (κ1) is 30.6. The molecule has 3 heterocycles. The van der Waals surface area contributed by atoms with Crippen LogP contribution >= 0.6 is 15.6 Å². The van der Waals surface area contributed by atoms with Gasteiger partial charge in [0.1, 0.15) is 72.4 Å². The summed E-state index contributed by atoms with van der Waals surface area (Å²) in [6.07, 6.45) is -13.5. The van der Waals surface area contributed by atoms with Crippen LogP contribution in [0.15, 0.2) is 0 Å². The maximum atomic E-state index is 12.4. The number of phosphoric ester groups is 2. The molecule has 0 bridgehead atoms. The largest absolute Gasteiger partial charge is 0.472 e. The maximum absolute atomic E-state index is 12.4. The fraction of sp³-hybridized carbons (Fsp3) is 1.00. The number of ether oxygens (including phenoxy) is 3. The molecular weight excluding hydrogens is 531 g/mol. The lowest BCUT2D eigenvalue weighted by atomic mass is 9.93. The lowest BCUT2D eigenvalue weighted by Crippen LogP contribution is -2.38. The van der Waals surface area contributed by atoms with E-state index in [4.69, 9.17) is 55.8 Å². The molecule has 0 saturated carbocycles. The molecule has 3 saturated heterocycles. The highest BCUT2D eigenvalue weighted by Crippen LogP contribution is 2.50. The predicted molar refractivity (Wildman–Crippen MR) is 116 cm³/mol. The fourth-order valence-corrected chi connectivity index (χ4v) is 5.62. The third-order valence-corrected chi connectivity index (χ3v) is 7.61. The summed E-state index contributed by atoms with van der Waals surface area (Å²) in [6.45, 7) is -2.30. The van der Waals surface area contributed by atoms with Crippen LogP contribution in [0.5, 0.6) is 0 Å². The quantitative estimate of drug-likeness (QED) is 0.0933. The second kappa shape index (κ2) is 12.1. The Morgan fingerprint density at radius 3 is 1.47 bits per heavy atom. The Kier molecular flexibility index (Phi) is 10.3. The van der Waals surface area contributed by atoms with Crippen LogP contribution in [0, 0.1) is 0 Å². The summed E-state index contributed by atoms with van der Waals surface area (Å²) in [5.74, 6) is 0. The molecule has 0 aromatic rings. The van der Waals surface area contributed by atoms with E-state index in [2.05, 4.69) is 0 Å². The van der Waals surface area contributed by atoms with Gasteiger partial charge in [-0.15, -0.1) is 0 Å². The molecule has 3 rings (SSSR count). The van der Waals surface area contributed by atoms with Crippen molar-refractivity contribution in [2.45, 2.75) is 72.9 Å². The highest BCUT2D eigenvalue weighted by molar-refractivity contribution is 7.47. The normalized spacial score (nSPS) is 46.5. The van der Waals surface area contributed by atoms with E-state index < -0.39 is 108 Å². The van der Waals surface area contributed by atoms with Crippen LogP contribution in [-0.4, -0.2) is 152 Å². The van der Waals surface area contributed by atoms with Crippen LogP contribution < -0.4 is 0 Å². The molecule has 3 aliphatic heterocycles. The Morgan fingerprint density at radius 2 is 1.03 bits per heavy atom. The number of aliphatic hydroxyl groups is 5. The molecule has 7 N–H and O–H groups in total. The monoisotopic (exact) mass is 556 g/mol. The lowest BCUT2D eigenvalue weighted by molar-refractivity contribution is -0.0398. The van der Waals surface area contributed by atoms with Gasteiger partial charge in [-0.3, -0.25) is 18.1 Å². The van der Waals surface area contributed by atoms with Crippen LogP contribution in [0.3, 0.4) is 0 Å². The SMILES string of the molecule is [B][C@@H]1O[C@H](COP(=O)(O)OC2C(O)[C@H]([B])O[C@@H]2COP(=O)(O)OC2C(O)[C@H]([B])O[C@@H]2CO)C(O)C1O. The number of hydrogen-bond donors (Lipinski definition) is 7. The van der Waals surface area contributed by atoms with Crippen molar-refractivity contribution in [3.63, 3.8) is 0 Å². The number of phosphoric acid groups is 2. The summed E-state index contributed by atoms with van der Waals surface area (Å²) in [5, 5.41) is 48.7. The van der Waals surface area contributed by atoms with E-state index >= 15 is 0 Å². The number of aliphatic hydroxyl groups excluding tert-OH is 5. The summed E-state index contributed by atoms with van der Waals surface area (Å²) >= 11 is 0. The minimum absolute atomic E-state index is 0.697. The van der Waals surface area contributed by atoms with E-state index in [0.717, 1.165) is 0 Å². The van der Waals surface area contributed by atoms with E-state index in [1.807, 2.05) is 0 Å². The lowest BCUT2D eigenvalue weighted by Gasteiger charge is -2.26. The predicted octanol–water partition coefficient (Wildman–Crippen LogP) is -4.89. The molecular formula is C15H25B3O16P2. The summed E-state index contributed by atoms with van der Waals surface area (Å²) in [6, 6.07) is -4.02. The minimum atomic E-state index is -5.00. The van der Waals surface area contributed by atoms with Gasteiger partial charge in [0.15, 0.2) is 0 Å². The van der Waals surface area contributed by atoms with Crippen LogP contribution in [0.2, 0.25) is 0 Å². The van der Waals surface area contributed by atoms with Crippen LogP contribution in [-0.2, 0) is 41.4 Å². The van der Waals surface area contributed by atoms with Crippen molar-refractivity contribution in [2.24, 2.45) is 0 Å². The zero-order valence-electron chi connectivity index (χ0n) is 18.5. The van der Waals surface area contributed by atoms with E-state index in [9.17, 15) is 44.4 Å². The second-order valence-corrected chi connectivity index (χ2v) is 11.0. The van der Waals surface area contributed by atoms with Gasteiger partial charge in [-0.2, -0.15) is 0 Å². The average Bonchev–Trinajstić information content (AvgIpc) is 3.33. The third kappa shape index (κ3) is 7.18. The Morgan fingerprint density at radius 1 is 0.639 bits per heavy atom. The van der Waals surface area contributed by atoms with E-state index in [0.29, 0.717) is 0 Å². The van der Waals surface area contributed by atoms with Gasteiger partial charge in [-0.25, -0.2) is 9.13 Å². The molecule has 0 spiro atoms. The first-order valence-electron chi connectivity index (χ1n) is 10.5. The molecule has 3 fully saturated rings. The summed E-state index contributed by atoms with van der Waals surface area (Å²) < 4.78 is 59.2. The minimum Gasteiger partial charge on any atom is -0.394 e. The van der Waals surface area contributed by atoms with E-state index in [1.54, 1.807) is 0 Å². The van der Waals surface area contributed by atoms with Gasteiger partial charge < -0.3 is 49.5 Å². The Balaban J connectivity index is 1.57. The first-order valence-corrected chi connectivity index (χ1v) is 13.5. The molecule has 14 atom stereocenters. The van der Waals surface area contributed by atoms with Crippen molar-refractivity contribution in [1.82, 2.24) is 0 Å². The molecule has 0 aromatic carbocycles. The molecule has 3 aliphatic rings. The van der Waals surface area contributed by atoms with Crippen molar-refractivity contribution in [2.75, 3.05) is 19.8 Å². The maximum Gasteiger partial charge on any atom is 0.472 e. The number of rotatable bonds is 11. The summed E-state index contributed by atoms with van der Waals surface area (Å²) in [5.41, 5.74) is 0. The Hall–Kier alpha value is 0.0948. The first-order chi connectivity index (χ1) is 16.7. The number of hydrogen-bond acceptors (Lipinski definition) is 14. The second-order valence-electron chi connectivity index (χ2n) is 8.23. The highest BCUT2D eigenvalue weighted by Gasteiger charge is 2.49. The van der Waals surface area contributed by atoms with Gasteiger partial charge in [0.25, 0.3) is 0 Å². The molecule has 21 heteroatoms. The molecule has 8 unspecified atom stereocenters. The van der Waals surface area contributed by atoms with E-state index in [-0.39, 0.29) is 0 Å². The molecule has 0 aliphatic carbocycles. The summed E-state index contributed by atoms with van der Waals surface area (Å²) in [7, 11) is 6.47. The van der Waals surface area contributed by atoms with Gasteiger partial charge in [0.05, 0.1) is 25.9 Å². The third-order valence-electron chi connectivity index (χ3n) is 5.64. The van der Waals surface area contributed by atoms with Gasteiger partial charge in [-0.05, 0) is 0 Å². The molecule has 0 aromatic heterocycles. The van der Waals surface area contributed by atoms with Crippen molar-refractivity contribution < 1.29 is 76.8 Å². The van der Waals surface area contributed by atoms with E-state index in [1.165, 1.54) is 0 Å². The van der Waals surface area contributed by atoms with Crippen LogP contribution in [0.25, 0.3) is 0 Å². The molecule has 36 heavy (non-hydrogen) atoms. The molecule has 200 valence electrons. The Bertz CT molecular complexity index is 843. The van der Waals surface area contributed by atoms with Gasteiger partial charge in [-0.1, -0.05) is 0 Å². The molecule has 6 radical (unpaired) electrons. The highest BCUT2D eigenvalue weighted by atomic mass is 31.2. The standard InChI is InChI=1S/C15H25B3O16P2/c16-13-8(21)7(20)5(31-13)2-28-35(24,25)34-12-6(32-15(18)10(12)23)3-29-36(26,27)33-11-4(1-19)30-14(17)9(11)22/h4-15,19-23H,1-3H2,(H,24,25)(H,26,27)/t4-,5-,6-,7?,8?,9?,10?,11?,12?,13-,14-,15-/m1/s1. The van der Waals surface area contributed by atoms with Crippen molar-refractivity contribution in [3.05, 3.63) is 0 Å². The molecule has 0 amide bonds. The van der Waals surface area contributed by atoms with Crippen LogP contribution in [0.4, 0.5) is 0 Å². The van der Waals surface area contributed by atoms with Gasteiger partial charge in [0.2, 0.25) is 0 Å². The van der Waals surface area contributed by atoms with Crippen molar-refractivity contribution in [1.29, 1.82) is 0 Å². The zero-order chi connectivity index (χ0) is 27.0. The van der Waals surface area contributed by atoms with Gasteiger partial charge >= 0.3 is 15.6 Å². The van der Waals surface area contributed by atoms with Crippen molar-refractivity contribution in [3.8, 4) is 0 Å². The van der Waals surface area contributed by atoms with Crippen LogP contribution in [0.1, 0.15) is 0 Å². The van der Waals surface area contributed by atoms with Crippen molar-refractivity contribution >= 4 is 39.2 Å². The Labute approximate surface area is 209 Å². The summed E-state index contributed by atoms with van der Waals surface area (Å²) in [4.78, 5) is 20.0.